The van der Waals surface area contributed by atoms with E-state index in [0.29, 0.717) is 0 Å². The molecule has 0 radical (unpaired) electrons. The van der Waals surface area contributed by atoms with E-state index < -0.39 is 20.7 Å². The van der Waals surface area contributed by atoms with Gasteiger partial charge in [-0.05, 0) is 48.7 Å². The van der Waals surface area contributed by atoms with Gasteiger partial charge in [-0.25, -0.2) is 22.3 Å². The van der Waals surface area contributed by atoms with Crippen molar-refractivity contribution in [3.8, 4) is 5.75 Å². The average molecular weight is 457 g/mol. The summed E-state index contributed by atoms with van der Waals surface area (Å²) < 4.78 is 56.3. The molecule has 0 saturated heterocycles. The van der Waals surface area contributed by atoms with Crippen LogP contribution in [0.15, 0.2) is 47.4 Å². The fraction of sp³-hybridized carbons (Fsp3) is 0.333. The SMILES string of the molecule is CCNC1CCC=C(c2ccc(F)cc2)C1COc1cc(F)c(S(N)(=O)=O)cc1Cl. The van der Waals surface area contributed by atoms with Crippen molar-refractivity contribution in [2.75, 3.05) is 13.2 Å². The number of hydrogen-bond acceptors (Lipinski definition) is 4. The van der Waals surface area contributed by atoms with Gasteiger partial charge in [0.1, 0.15) is 22.3 Å². The summed E-state index contributed by atoms with van der Waals surface area (Å²) in [6.07, 6.45) is 3.85. The molecule has 3 N–H and O–H groups in total. The van der Waals surface area contributed by atoms with Gasteiger partial charge in [-0.15, -0.1) is 0 Å². The van der Waals surface area contributed by atoms with Crippen molar-refractivity contribution in [3.63, 3.8) is 0 Å². The number of allylic oxidation sites excluding steroid dienone is 1. The molecule has 0 spiro atoms. The smallest absolute Gasteiger partial charge is 0.241 e. The van der Waals surface area contributed by atoms with Gasteiger partial charge in [0.25, 0.3) is 0 Å². The summed E-state index contributed by atoms with van der Waals surface area (Å²) in [5.41, 5.74) is 1.89. The van der Waals surface area contributed by atoms with Gasteiger partial charge in [-0.1, -0.05) is 36.7 Å². The summed E-state index contributed by atoms with van der Waals surface area (Å²) in [4.78, 5) is -0.685. The molecule has 0 heterocycles. The highest BCUT2D eigenvalue weighted by Gasteiger charge is 2.29. The Hall–Kier alpha value is -2.00. The molecular formula is C21H23ClF2N2O3S. The lowest BCUT2D eigenvalue weighted by molar-refractivity contribution is 0.236. The van der Waals surface area contributed by atoms with Crippen LogP contribution in [0.4, 0.5) is 8.78 Å². The molecule has 5 nitrogen and oxygen atoms in total. The Balaban J connectivity index is 1.87. The van der Waals surface area contributed by atoms with Crippen molar-refractivity contribution in [2.45, 2.75) is 30.7 Å². The van der Waals surface area contributed by atoms with Crippen molar-refractivity contribution in [1.29, 1.82) is 0 Å². The van der Waals surface area contributed by atoms with E-state index in [1.54, 1.807) is 12.1 Å². The Kier molecular flexibility index (Phi) is 7.13. The fourth-order valence-corrected chi connectivity index (χ4v) is 4.59. The minimum absolute atomic E-state index is 0.0286. The van der Waals surface area contributed by atoms with Crippen LogP contribution in [-0.2, 0) is 10.0 Å². The zero-order valence-electron chi connectivity index (χ0n) is 16.4. The quantitative estimate of drug-likeness (QED) is 0.656. The van der Waals surface area contributed by atoms with Gasteiger partial charge in [0, 0.05) is 18.0 Å². The van der Waals surface area contributed by atoms with Crippen LogP contribution in [0, 0.1) is 17.6 Å². The summed E-state index contributed by atoms with van der Waals surface area (Å²) in [7, 11) is -4.24. The molecule has 162 valence electrons. The maximum Gasteiger partial charge on any atom is 0.241 e. The molecule has 0 aliphatic heterocycles. The molecule has 3 rings (SSSR count). The van der Waals surface area contributed by atoms with Gasteiger partial charge in [0.15, 0.2) is 0 Å². The molecule has 0 bridgehead atoms. The van der Waals surface area contributed by atoms with Crippen molar-refractivity contribution in [2.24, 2.45) is 11.1 Å². The summed E-state index contributed by atoms with van der Waals surface area (Å²) in [5.74, 6) is -1.41. The molecule has 2 aromatic rings. The molecule has 30 heavy (non-hydrogen) atoms. The van der Waals surface area contributed by atoms with Crippen LogP contribution in [0.3, 0.4) is 0 Å². The first-order valence-corrected chi connectivity index (χ1v) is 11.5. The van der Waals surface area contributed by atoms with E-state index in [-0.39, 0.29) is 35.2 Å². The molecule has 1 aliphatic rings. The topological polar surface area (TPSA) is 81.4 Å². The van der Waals surface area contributed by atoms with Crippen molar-refractivity contribution in [1.82, 2.24) is 5.32 Å². The van der Waals surface area contributed by atoms with E-state index in [2.05, 4.69) is 11.4 Å². The third-order valence-electron chi connectivity index (χ3n) is 5.08. The highest BCUT2D eigenvalue weighted by Crippen LogP contribution is 2.35. The largest absolute Gasteiger partial charge is 0.491 e. The summed E-state index contributed by atoms with van der Waals surface area (Å²) in [5, 5.41) is 8.39. The Morgan fingerprint density at radius 1 is 1.23 bits per heavy atom. The third-order valence-corrected chi connectivity index (χ3v) is 6.30. The lowest BCUT2D eigenvalue weighted by Crippen LogP contribution is -2.41. The molecule has 2 aromatic carbocycles. The molecule has 2 atom stereocenters. The van der Waals surface area contributed by atoms with Gasteiger partial charge in [-0.3, -0.25) is 0 Å². The number of hydrogen-bond donors (Lipinski definition) is 2. The monoisotopic (exact) mass is 456 g/mol. The lowest BCUT2D eigenvalue weighted by Gasteiger charge is -2.33. The van der Waals surface area contributed by atoms with Crippen LogP contribution in [-0.4, -0.2) is 27.6 Å². The Morgan fingerprint density at radius 2 is 1.93 bits per heavy atom. The standard InChI is InChI=1S/C21H23ClF2N2O3S/c1-2-26-19-5-3-4-15(13-6-8-14(23)9-7-13)16(19)12-29-20-11-18(24)21(10-17(20)22)30(25,27)28/h4,6-11,16,19,26H,2-3,5,12H2,1H3,(H2,25,27,28). The van der Waals surface area contributed by atoms with Gasteiger partial charge in [0.2, 0.25) is 10.0 Å². The maximum absolute atomic E-state index is 14.2. The van der Waals surface area contributed by atoms with Crippen molar-refractivity contribution >= 4 is 27.2 Å². The maximum atomic E-state index is 14.2. The van der Waals surface area contributed by atoms with Gasteiger partial charge >= 0.3 is 0 Å². The molecule has 0 amide bonds. The molecule has 0 fully saturated rings. The third kappa shape index (κ3) is 5.18. The Morgan fingerprint density at radius 3 is 2.57 bits per heavy atom. The second kappa shape index (κ2) is 9.43. The predicted octanol–water partition coefficient (Wildman–Crippen LogP) is 4.12. The Labute approximate surface area is 179 Å². The second-order valence-corrected chi connectivity index (χ2v) is 9.02. The van der Waals surface area contributed by atoms with Crippen molar-refractivity contribution < 1.29 is 21.9 Å². The first-order chi connectivity index (χ1) is 14.2. The van der Waals surface area contributed by atoms with E-state index in [1.165, 1.54) is 12.1 Å². The number of ether oxygens (including phenoxy) is 1. The average Bonchev–Trinajstić information content (AvgIpc) is 2.69. The predicted molar refractivity (Wildman–Crippen MR) is 113 cm³/mol. The number of primary sulfonamides is 1. The molecule has 1 aliphatic carbocycles. The lowest BCUT2D eigenvalue weighted by atomic mass is 9.80. The highest BCUT2D eigenvalue weighted by atomic mass is 35.5. The normalized spacial score (nSPS) is 19.4. The molecule has 2 unspecified atom stereocenters. The molecule has 0 saturated carbocycles. The summed E-state index contributed by atoms with van der Waals surface area (Å²) in [6.45, 7) is 2.94. The van der Waals surface area contributed by atoms with Gasteiger partial charge in [0.05, 0.1) is 11.6 Å². The van der Waals surface area contributed by atoms with E-state index in [9.17, 15) is 17.2 Å². The van der Waals surface area contributed by atoms with Crippen LogP contribution in [0.1, 0.15) is 25.3 Å². The number of nitrogens with two attached hydrogens (primary N) is 1. The number of nitrogens with one attached hydrogen (secondary N) is 1. The Bertz CT molecular complexity index is 1040. The minimum atomic E-state index is -4.24. The highest BCUT2D eigenvalue weighted by molar-refractivity contribution is 7.89. The molecule has 9 heteroatoms. The zero-order chi connectivity index (χ0) is 21.9. The summed E-state index contributed by atoms with van der Waals surface area (Å²) >= 11 is 6.11. The summed E-state index contributed by atoms with van der Waals surface area (Å²) in [6, 6.07) is 8.22. The van der Waals surface area contributed by atoms with Crippen LogP contribution in [0.25, 0.3) is 5.57 Å². The number of benzene rings is 2. The second-order valence-electron chi connectivity index (χ2n) is 7.08. The van der Waals surface area contributed by atoms with E-state index in [1.807, 2.05) is 6.92 Å². The zero-order valence-corrected chi connectivity index (χ0v) is 17.9. The minimum Gasteiger partial charge on any atom is -0.491 e. The van der Waals surface area contributed by atoms with Crippen LogP contribution in [0.2, 0.25) is 5.02 Å². The first kappa shape index (κ1) is 22.7. The van der Waals surface area contributed by atoms with Crippen LogP contribution >= 0.6 is 11.6 Å². The van der Waals surface area contributed by atoms with E-state index >= 15 is 0 Å². The number of rotatable bonds is 7. The van der Waals surface area contributed by atoms with E-state index in [0.717, 1.165) is 42.7 Å². The van der Waals surface area contributed by atoms with Crippen LogP contribution in [0.5, 0.6) is 5.75 Å². The van der Waals surface area contributed by atoms with E-state index in [4.69, 9.17) is 21.5 Å². The van der Waals surface area contributed by atoms with Gasteiger partial charge in [-0.2, -0.15) is 0 Å². The fourth-order valence-electron chi connectivity index (χ4n) is 3.69. The molecular weight excluding hydrogens is 434 g/mol. The molecule has 0 aromatic heterocycles. The number of sulfonamides is 1. The first-order valence-electron chi connectivity index (χ1n) is 9.54. The van der Waals surface area contributed by atoms with Crippen LogP contribution < -0.4 is 15.2 Å². The van der Waals surface area contributed by atoms with Crippen molar-refractivity contribution in [3.05, 3.63) is 64.7 Å². The van der Waals surface area contributed by atoms with Gasteiger partial charge < -0.3 is 10.1 Å². The number of halogens is 3.